The minimum Gasteiger partial charge on any atom is -0.484 e. The molecular weight excluding hydrogens is 530 g/mol. The highest BCUT2D eigenvalue weighted by Gasteiger charge is 2.14. The lowest BCUT2D eigenvalue weighted by Gasteiger charge is -2.12. The smallest absolute Gasteiger partial charge is 0.259 e. The van der Waals surface area contributed by atoms with Crippen LogP contribution < -0.4 is 10.3 Å². The Morgan fingerprint density at radius 3 is 2.70 bits per heavy atom. The first-order valence-corrected chi connectivity index (χ1v) is 11.5. The largest absolute Gasteiger partial charge is 0.484 e. The van der Waals surface area contributed by atoms with Crippen LogP contribution in [-0.2, 0) is 6.61 Å². The molecule has 0 N–H and O–H groups in total. The predicted molar refractivity (Wildman–Crippen MR) is 126 cm³/mol. The molecule has 0 saturated carbocycles. The van der Waals surface area contributed by atoms with Gasteiger partial charge in [-0.05, 0) is 33.6 Å². The number of halogens is 2. The Hall–Kier alpha value is -2.55. The second kappa shape index (κ2) is 7.94. The zero-order valence-electron chi connectivity index (χ0n) is 15.4. The summed E-state index contributed by atoms with van der Waals surface area (Å²) in [6.07, 6.45) is 1.72. The van der Waals surface area contributed by atoms with E-state index in [9.17, 15) is 4.79 Å². The third-order valence-corrected chi connectivity index (χ3v) is 6.71. The van der Waals surface area contributed by atoms with Gasteiger partial charge in [-0.3, -0.25) is 14.2 Å². The second-order valence-corrected chi connectivity index (χ2v) is 9.09. The van der Waals surface area contributed by atoms with E-state index in [2.05, 4.69) is 41.8 Å². The topological polar surface area (TPSA) is 56.5 Å². The SMILES string of the molecule is O=c1cc(COc2c(Br)cc(Br)c3cccnc23)nc2scc(-c3ccccc3)n12. The Balaban J connectivity index is 1.51. The van der Waals surface area contributed by atoms with Crippen LogP contribution in [0.3, 0.4) is 0 Å². The molecule has 0 spiro atoms. The van der Waals surface area contributed by atoms with E-state index in [0.717, 1.165) is 31.1 Å². The van der Waals surface area contributed by atoms with Crippen LogP contribution in [0.1, 0.15) is 5.69 Å². The van der Waals surface area contributed by atoms with Crippen molar-refractivity contribution in [2.75, 3.05) is 0 Å². The van der Waals surface area contributed by atoms with Crippen molar-refractivity contribution in [3.63, 3.8) is 0 Å². The van der Waals surface area contributed by atoms with Crippen LogP contribution in [0.5, 0.6) is 5.75 Å². The van der Waals surface area contributed by atoms with Gasteiger partial charge in [0.2, 0.25) is 0 Å². The Kier molecular flexibility index (Phi) is 5.14. The summed E-state index contributed by atoms with van der Waals surface area (Å²) >= 11 is 8.54. The molecule has 8 heteroatoms. The van der Waals surface area contributed by atoms with E-state index in [4.69, 9.17) is 4.74 Å². The summed E-state index contributed by atoms with van der Waals surface area (Å²) in [6, 6.07) is 17.1. The average molecular weight is 543 g/mol. The Labute approximate surface area is 192 Å². The van der Waals surface area contributed by atoms with Crippen molar-refractivity contribution in [3.8, 4) is 17.0 Å². The fourth-order valence-corrected chi connectivity index (χ4v) is 5.59. The first-order valence-electron chi connectivity index (χ1n) is 9.03. The van der Waals surface area contributed by atoms with Gasteiger partial charge in [-0.15, -0.1) is 11.3 Å². The summed E-state index contributed by atoms with van der Waals surface area (Å²) in [5, 5.41) is 2.90. The van der Waals surface area contributed by atoms with E-state index < -0.39 is 0 Å². The Bertz CT molecular complexity index is 1450. The van der Waals surface area contributed by atoms with Crippen molar-refractivity contribution in [2.45, 2.75) is 6.61 Å². The average Bonchev–Trinajstić information content (AvgIpc) is 3.19. The lowest BCUT2D eigenvalue weighted by molar-refractivity contribution is 0.302. The molecule has 0 bridgehead atoms. The first-order chi connectivity index (χ1) is 14.6. The van der Waals surface area contributed by atoms with Crippen LogP contribution in [0.4, 0.5) is 0 Å². The number of hydrogen-bond acceptors (Lipinski definition) is 5. The van der Waals surface area contributed by atoms with Crippen molar-refractivity contribution in [1.82, 2.24) is 14.4 Å². The molecular formula is C22H13Br2N3O2S. The van der Waals surface area contributed by atoms with Crippen LogP contribution in [0, 0.1) is 0 Å². The summed E-state index contributed by atoms with van der Waals surface area (Å²) in [4.78, 5) is 22.6. The molecule has 0 unspecified atom stereocenters. The van der Waals surface area contributed by atoms with Crippen molar-refractivity contribution in [2.24, 2.45) is 0 Å². The summed E-state index contributed by atoms with van der Waals surface area (Å²) in [6.45, 7) is 0.163. The molecule has 0 atom stereocenters. The molecule has 0 aliphatic heterocycles. The molecule has 2 aromatic carbocycles. The van der Waals surface area contributed by atoms with Crippen LogP contribution >= 0.6 is 43.2 Å². The molecule has 0 saturated heterocycles. The number of fused-ring (bicyclic) bond motifs is 2. The maximum atomic E-state index is 12.8. The number of ether oxygens (including phenoxy) is 1. The number of nitrogens with zero attached hydrogens (tertiary/aromatic N) is 3. The third-order valence-electron chi connectivity index (χ3n) is 4.64. The highest BCUT2D eigenvalue weighted by atomic mass is 79.9. The lowest BCUT2D eigenvalue weighted by Crippen LogP contribution is -2.16. The molecule has 0 amide bonds. The van der Waals surface area contributed by atoms with Gasteiger partial charge in [0.25, 0.3) is 5.56 Å². The van der Waals surface area contributed by atoms with Gasteiger partial charge in [0.05, 0.1) is 15.9 Å². The number of pyridine rings is 1. The van der Waals surface area contributed by atoms with Gasteiger partial charge < -0.3 is 4.74 Å². The second-order valence-electron chi connectivity index (χ2n) is 6.55. The van der Waals surface area contributed by atoms with E-state index in [1.807, 2.05) is 53.9 Å². The minimum absolute atomic E-state index is 0.128. The first kappa shape index (κ1) is 19.4. The summed E-state index contributed by atoms with van der Waals surface area (Å²) in [5.74, 6) is 0.618. The molecule has 148 valence electrons. The number of aromatic nitrogens is 3. The molecule has 0 aliphatic rings. The molecule has 3 heterocycles. The predicted octanol–water partition coefficient (Wildman–Crippen LogP) is 6.08. The van der Waals surface area contributed by atoms with Gasteiger partial charge >= 0.3 is 0 Å². The van der Waals surface area contributed by atoms with Crippen LogP contribution in [-0.4, -0.2) is 14.4 Å². The zero-order chi connectivity index (χ0) is 20.7. The monoisotopic (exact) mass is 541 g/mol. The zero-order valence-corrected chi connectivity index (χ0v) is 19.4. The van der Waals surface area contributed by atoms with Gasteiger partial charge in [-0.2, -0.15) is 0 Å². The maximum Gasteiger partial charge on any atom is 0.259 e. The van der Waals surface area contributed by atoms with Crippen molar-refractivity contribution >= 4 is 59.1 Å². The summed E-state index contributed by atoms with van der Waals surface area (Å²) in [7, 11) is 0. The molecule has 5 rings (SSSR count). The van der Waals surface area contributed by atoms with Crippen LogP contribution in [0.15, 0.2) is 79.9 Å². The van der Waals surface area contributed by atoms with E-state index in [-0.39, 0.29) is 12.2 Å². The summed E-state index contributed by atoms with van der Waals surface area (Å²) < 4.78 is 9.39. The molecule has 5 nitrogen and oxygen atoms in total. The highest BCUT2D eigenvalue weighted by molar-refractivity contribution is 9.11. The molecule has 0 aliphatic carbocycles. The van der Waals surface area contributed by atoms with Gasteiger partial charge in [0, 0.05) is 27.5 Å². The van der Waals surface area contributed by atoms with Gasteiger partial charge in [-0.25, -0.2) is 4.98 Å². The number of hydrogen-bond donors (Lipinski definition) is 0. The van der Waals surface area contributed by atoms with Gasteiger partial charge in [0.1, 0.15) is 12.1 Å². The standard InChI is InChI=1S/C22H13Br2N3O2S/c23-16-10-17(24)21(20-15(16)7-4-8-25-20)29-11-14-9-19(28)27-18(12-30-22(27)26-14)13-5-2-1-3-6-13/h1-10,12H,11H2. The van der Waals surface area contributed by atoms with Crippen molar-refractivity contribution < 1.29 is 4.74 Å². The number of thiazole rings is 1. The minimum atomic E-state index is -0.128. The fraction of sp³-hybridized carbons (Fsp3) is 0.0455. The van der Waals surface area contributed by atoms with Crippen molar-refractivity contribution in [1.29, 1.82) is 0 Å². The van der Waals surface area contributed by atoms with E-state index >= 15 is 0 Å². The third kappa shape index (κ3) is 3.45. The quantitative estimate of drug-likeness (QED) is 0.276. The molecule has 3 aromatic heterocycles. The summed E-state index contributed by atoms with van der Waals surface area (Å²) in [5.41, 5.74) is 3.00. The Morgan fingerprint density at radius 1 is 1.03 bits per heavy atom. The highest BCUT2D eigenvalue weighted by Crippen LogP contribution is 2.37. The molecule has 0 radical (unpaired) electrons. The number of rotatable bonds is 4. The van der Waals surface area contributed by atoms with Gasteiger partial charge in [0.15, 0.2) is 10.7 Å². The van der Waals surface area contributed by atoms with Crippen molar-refractivity contribution in [3.05, 3.63) is 91.2 Å². The maximum absolute atomic E-state index is 12.8. The number of benzene rings is 2. The molecule has 0 fully saturated rings. The van der Waals surface area contributed by atoms with Gasteiger partial charge in [-0.1, -0.05) is 52.3 Å². The Morgan fingerprint density at radius 2 is 1.87 bits per heavy atom. The van der Waals surface area contributed by atoms with E-state index in [1.165, 1.54) is 17.4 Å². The molecule has 30 heavy (non-hydrogen) atoms. The fourth-order valence-electron chi connectivity index (χ4n) is 3.28. The van der Waals surface area contributed by atoms with E-state index in [0.29, 0.717) is 16.4 Å². The normalized spacial score (nSPS) is 11.3. The van der Waals surface area contributed by atoms with Crippen LogP contribution in [0.2, 0.25) is 0 Å². The van der Waals surface area contributed by atoms with E-state index in [1.54, 1.807) is 10.6 Å². The van der Waals surface area contributed by atoms with Crippen LogP contribution in [0.25, 0.3) is 27.1 Å². The molecule has 5 aromatic rings. The lowest BCUT2D eigenvalue weighted by atomic mass is 10.2.